The Morgan fingerprint density at radius 1 is 1.24 bits per heavy atom. The molecule has 0 N–H and O–H groups in total. The molecule has 21 heavy (non-hydrogen) atoms. The molecule has 2 aliphatic heterocycles. The fourth-order valence-corrected chi connectivity index (χ4v) is 3.11. The molecule has 0 bridgehead atoms. The van der Waals surface area contributed by atoms with Gasteiger partial charge in [-0.3, -0.25) is 14.4 Å². The molecule has 0 aromatic carbocycles. The summed E-state index contributed by atoms with van der Waals surface area (Å²) in [5, 5.41) is 4.10. The summed E-state index contributed by atoms with van der Waals surface area (Å²) in [6, 6.07) is 1.85. The highest BCUT2D eigenvalue weighted by Crippen LogP contribution is 2.14. The molecule has 0 spiro atoms. The van der Waals surface area contributed by atoms with Crippen LogP contribution in [0.25, 0.3) is 0 Å². The Hall–Kier alpha value is -1.40. The van der Waals surface area contributed by atoms with Gasteiger partial charge in [0.05, 0.1) is 6.10 Å². The van der Waals surface area contributed by atoms with Crippen LogP contribution >= 0.6 is 0 Å². The van der Waals surface area contributed by atoms with E-state index in [-0.39, 0.29) is 5.91 Å². The Morgan fingerprint density at radius 2 is 2.19 bits per heavy atom. The van der Waals surface area contributed by atoms with Crippen molar-refractivity contribution in [2.45, 2.75) is 31.9 Å². The molecule has 3 rings (SSSR count). The standard InChI is InChI=1S/C15H24N4O2/c20-15(13-19-8-2-5-16-19)18-7-3-6-17(9-10-18)12-14-4-1-11-21-14/h2,5,8,14H,1,3-4,6-7,9-13H2/t14-/m1/s1. The second kappa shape index (κ2) is 7.04. The Bertz CT molecular complexity index is 443. The molecule has 2 saturated heterocycles. The summed E-state index contributed by atoms with van der Waals surface area (Å²) in [7, 11) is 0. The van der Waals surface area contributed by atoms with E-state index in [1.165, 1.54) is 12.8 Å². The first kappa shape index (κ1) is 14.5. The van der Waals surface area contributed by atoms with Crippen molar-refractivity contribution in [2.24, 2.45) is 0 Å². The summed E-state index contributed by atoms with van der Waals surface area (Å²) >= 11 is 0. The van der Waals surface area contributed by atoms with E-state index in [1.807, 2.05) is 17.2 Å². The molecule has 1 atom stereocenters. The lowest BCUT2D eigenvalue weighted by atomic mass is 10.2. The first-order valence-electron chi connectivity index (χ1n) is 7.90. The molecule has 3 heterocycles. The molecule has 0 aliphatic carbocycles. The Balaban J connectivity index is 1.47. The van der Waals surface area contributed by atoms with Gasteiger partial charge in [0.2, 0.25) is 5.91 Å². The van der Waals surface area contributed by atoms with Crippen molar-refractivity contribution in [3.63, 3.8) is 0 Å². The summed E-state index contributed by atoms with van der Waals surface area (Å²) in [5.41, 5.74) is 0. The van der Waals surface area contributed by atoms with E-state index in [2.05, 4.69) is 10.00 Å². The topological polar surface area (TPSA) is 50.6 Å². The summed E-state index contributed by atoms with van der Waals surface area (Å²) in [6.07, 6.45) is 7.35. The molecule has 2 fully saturated rings. The van der Waals surface area contributed by atoms with Crippen molar-refractivity contribution in [2.75, 3.05) is 39.3 Å². The number of rotatable bonds is 4. The highest BCUT2D eigenvalue weighted by Gasteiger charge is 2.23. The zero-order chi connectivity index (χ0) is 14.5. The van der Waals surface area contributed by atoms with Gasteiger partial charge in [-0.1, -0.05) is 0 Å². The van der Waals surface area contributed by atoms with E-state index in [9.17, 15) is 4.79 Å². The lowest BCUT2D eigenvalue weighted by molar-refractivity contribution is -0.131. The van der Waals surface area contributed by atoms with Crippen LogP contribution in [0.5, 0.6) is 0 Å². The van der Waals surface area contributed by atoms with E-state index in [0.717, 1.165) is 45.8 Å². The molecule has 0 radical (unpaired) electrons. The summed E-state index contributed by atoms with van der Waals surface area (Å²) in [5.74, 6) is 0.165. The lowest BCUT2D eigenvalue weighted by Gasteiger charge is -2.24. The number of ether oxygens (including phenoxy) is 1. The molecule has 0 saturated carbocycles. The number of carbonyl (C=O) groups excluding carboxylic acids is 1. The fourth-order valence-electron chi connectivity index (χ4n) is 3.11. The zero-order valence-corrected chi connectivity index (χ0v) is 12.5. The van der Waals surface area contributed by atoms with Gasteiger partial charge in [-0.15, -0.1) is 0 Å². The molecule has 6 heteroatoms. The van der Waals surface area contributed by atoms with Crippen LogP contribution in [-0.4, -0.2) is 70.9 Å². The van der Waals surface area contributed by atoms with E-state index in [1.54, 1.807) is 10.9 Å². The highest BCUT2D eigenvalue weighted by molar-refractivity contribution is 5.75. The van der Waals surface area contributed by atoms with E-state index in [0.29, 0.717) is 12.6 Å². The largest absolute Gasteiger partial charge is 0.377 e. The van der Waals surface area contributed by atoms with E-state index < -0.39 is 0 Å². The van der Waals surface area contributed by atoms with Crippen LogP contribution in [0.4, 0.5) is 0 Å². The van der Waals surface area contributed by atoms with Crippen LogP contribution in [0.1, 0.15) is 19.3 Å². The average Bonchev–Trinajstić information content (AvgIpc) is 3.11. The zero-order valence-electron chi connectivity index (χ0n) is 12.5. The van der Waals surface area contributed by atoms with Crippen molar-refractivity contribution in [3.8, 4) is 0 Å². The van der Waals surface area contributed by atoms with Crippen molar-refractivity contribution in [1.82, 2.24) is 19.6 Å². The summed E-state index contributed by atoms with van der Waals surface area (Å²) in [6.45, 7) is 5.94. The van der Waals surface area contributed by atoms with Gasteiger partial charge in [0.25, 0.3) is 0 Å². The van der Waals surface area contributed by atoms with Crippen LogP contribution in [0, 0.1) is 0 Å². The number of carbonyl (C=O) groups is 1. The number of amides is 1. The van der Waals surface area contributed by atoms with Crippen molar-refractivity contribution < 1.29 is 9.53 Å². The number of nitrogens with zero attached hydrogens (tertiary/aromatic N) is 4. The van der Waals surface area contributed by atoms with Crippen molar-refractivity contribution in [3.05, 3.63) is 18.5 Å². The number of aromatic nitrogens is 2. The normalized spacial score (nSPS) is 24.2. The summed E-state index contributed by atoms with van der Waals surface area (Å²) < 4.78 is 7.40. The van der Waals surface area contributed by atoms with Gasteiger partial charge in [-0.2, -0.15) is 5.10 Å². The minimum Gasteiger partial charge on any atom is -0.377 e. The average molecular weight is 292 g/mol. The maximum atomic E-state index is 12.3. The third-order valence-electron chi connectivity index (χ3n) is 4.28. The number of hydrogen-bond donors (Lipinski definition) is 0. The monoisotopic (exact) mass is 292 g/mol. The van der Waals surface area contributed by atoms with Gasteiger partial charge in [-0.05, 0) is 31.9 Å². The highest BCUT2D eigenvalue weighted by atomic mass is 16.5. The van der Waals surface area contributed by atoms with E-state index >= 15 is 0 Å². The predicted molar refractivity (Wildman–Crippen MR) is 78.8 cm³/mol. The predicted octanol–water partition coefficient (Wildman–Crippen LogP) is 0.596. The van der Waals surface area contributed by atoms with Gasteiger partial charge < -0.3 is 9.64 Å². The van der Waals surface area contributed by atoms with Gasteiger partial charge in [0.1, 0.15) is 6.54 Å². The minimum absolute atomic E-state index is 0.165. The van der Waals surface area contributed by atoms with Crippen LogP contribution in [0.2, 0.25) is 0 Å². The lowest BCUT2D eigenvalue weighted by Crippen LogP contribution is -2.38. The van der Waals surface area contributed by atoms with Gasteiger partial charge in [-0.25, -0.2) is 0 Å². The maximum Gasteiger partial charge on any atom is 0.244 e. The Labute approximate surface area is 125 Å². The minimum atomic E-state index is 0.165. The third-order valence-corrected chi connectivity index (χ3v) is 4.28. The molecule has 2 aliphatic rings. The third kappa shape index (κ3) is 4.04. The number of hydrogen-bond acceptors (Lipinski definition) is 4. The molecular formula is C15H24N4O2. The first-order chi connectivity index (χ1) is 10.3. The second-order valence-corrected chi connectivity index (χ2v) is 5.87. The molecule has 1 amide bonds. The smallest absolute Gasteiger partial charge is 0.244 e. The Morgan fingerprint density at radius 3 is 2.95 bits per heavy atom. The summed E-state index contributed by atoms with van der Waals surface area (Å²) in [4.78, 5) is 16.7. The molecule has 1 aromatic rings. The van der Waals surface area contributed by atoms with Crippen LogP contribution in [0.15, 0.2) is 18.5 Å². The van der Waals surface area contributed by atoms with E-state index in [4.69, 9.17) is 4.74 Å². The molecule has 6 nitrogen and oxygen atoms in total. The quantitative estimate of drug-likeness (QED) is 0.815. The van der Waals surface area contributed by atoms with Crippen LogP contribution in [0.3, 0.4) is 0 Å². The van der Waals surface area contributed by atoms with Gasteiger partial charge in [0, 0.05) is 45.2 Å². The Kier molecular flexibility index (Phi) is 4.87. The molecule has 1 aromatic heterocycles. The van der Waals surface area contributed by atoms with Gasteiger partial charge >= 0.3 is 0 Å². The molecule has 0 unspecified atom stereocenters. The van der Waals surface area contributed by atoms with Crippen LogP contribution < -0.4 is 0 Å². The van der Waals surface area contributed by atoms with Crippen molar-refractivity contribution in [1.29, 1.82) is 0 Å². The second-order valence-electron chi connectivity index (χ2n) is 5.87. The first-order valence-corrected chi connectivity index (χ1v) is 7.90. The SMILES string of the molecule is O=C(Cn1cccn1)N1CCCN(C[C@H]2CCCO2)CC1. The van der Waals surface area contributed by atoms with Gasteiger partial charge in [0.15, 0.2) is 0 Å². The maximum absolute atomic E-state index is 12.3. The molecular weight excluding hydrogens is 268 g/mol. The van der Waals surface area contributed by atoms with Crippen molar-refractivity contribution >= 4 is 5.91 Å². The van der Waals surface area contributed by atoms with Crippen LogP contribution in [-0.2, 0) is 16.1 Å². The fraction of sp³-hybridized carbons (Fsp3) is 0.733. The molecule has 116 valence electrons.